The van der Waals surface area contributed by atoms with E-state index in [-0.39, 0.29) is 89.4 Å². The Morgan fingerprint density at radius 3 is 1.14 bits per heavy atom. The third-order valence-corrected chi connectivity index (χ3v) is 15.4. The number of fused-ring (bicyclic) bond motifs is 2. The maximum Gasteiger partial charge on any atom is 0.246 e. The highest BCUT2D eigenvalue weighted by molar-refractivity contribution is 6.00. The van der Waals surface area contributed by atoms with Gasteiger partial charge in [0.15, 0.2) is 0 Å². The van der Waals surface area contributed by atoms with Crippen molar-refractivity contribution in [3.05, 3.63) is 65.7 Å². The van der Waals surface area contributed by atoms with E-state index in [9.17, 15) is 47.9 Å². The van der Waals surface area contributed by atoms with Crippen molar-refractivity contribution in [2.24, 2.45) is 35.1 Å². The molecule has 0 bridgehead atoms. The minimum absolute atomic E-state index is 0.0238. The van der Waals surface area contributed by atoms with Crippen LogP contribution < -0.4 is 59.7 Å². The van der Waals surface area contributed by atoms with Gasteiger partial charge < -0.3 is 69.5 Å². The minimum Gasteiger partial charge on any atom is -0.399 e. The van der Waals surface area contributed by atoms with Crippen LogP contribution in [0.5, 0.6) is 0 Å². The molecule has 23 nitrogen and oxygen atoms in total. The van der Waals surface area contributed by atoms with Gasteiger partial charge in [-0.25, -0.2) is 0 Å². The van der Waals surface area contributed by atoms with Gasteiger partial charge in [-0.2, -0.15) is 0 Å². The molecule has 10 amide bonds. The van der Waals surface area contributed by atoms with Crippen LogP contribution in [0.2, 0.25) is 0 Å². The summed E-state index contributed by atoms with van der Waals surface area (Å²) in [5.41, 5.74) is 19.7. The molecule has 0 unspecified atom stereocenters. The van der Waals surface area contributed by atoms with Crippen LogP contribution in [0.4, 0.5) is 5.69 Å². The molecule has 3 aliphatic heterocycles. The second kappa shape index (κ2) is 32.1. The van der Waals surface area contributed by atoms with Gasteiger partial charge in [0.05, 0.1) is 0 Å². The summed E-state index contributed by atoms with van der Waals surface area (Å²) >= 11 is 0. The fourth-order valence-electron chi connectivity index (χ4n) is 10.9. The van der Waals surface area contributed by atoms with Crippen molar-refractivity contribution >= 4 is 64.8 Å². The number of benzene rings is 2. The number of amides is 10. The first-order valence-electron chi connectivity index (χ1n) is 29.7. The molecule has 0 saturated carbocycles. The predicted molar refractivity (Wildman–Crippen MR) is 315 cm³/mol. The number of carbonyl (C=O) groups is 10. The first kappa shape index (κ1) is 66.7. The minimum atomic E-state index is -1.26. The Balaban J connectivity index is 1.59. The summed E-state index contributed by atoms with van der Waals surface area (Å²) in [6.45, 7) is 15.0. The Morgan fingerprint density at radius 2 is 0.783 bits per heavy atom. The summed E-state index contributed by atoms with van der Waals surface area (Å²) in [7, 11) is 0. The summed E-state index contributed by atoms with van der Waals surface area (Å²) in [5, 5.41) is 22.8. The van der Waals surface area contributed by atoms with Gasteiger partial charge in [0.1, 0.15) is 60.4 Å². The van der Waals surface area contributed by atoms with Crippen molar-refractivity contribution in [3.8, 4) is 0 Å². The number of nitrogen functional groups attached to an aromatic ring is 1. The average molecular weight is 1160 g/mol. The van der Waals surface area contributed by atoms with Crippen molar-refractivity contribution in [1.29, 1.82) is 0 Å². The largest absolute Gasteiger partial charge is 0.399 e. The highest BCUT2D eigenvalue weighted by atomic mass is 16.2. The number of carbonyl (C=O) groups excluding carboxylic acids is 10. The second-order valence-corrected chi connectivity index (χ2v) is 24.0. The number of nitrogens with zero attached hydrogens (tertiary/aromatic N) is 2. The molecule has 14 N–H and O–H groups in total. The molecule has 0 aromatic heterocycles. The van der Waals surface area contributed by atoms with Crippen LogP contribution >= 0.6 is 0 Å². The van der Waals surface area contributed by atoms with E-state index < -0.39 is 131 Å². The number of hydrogen-bond donors (Lipinski definition) is 11. The molecule has 83 heavy (non-hydrogen) atoms. The zero-order valence-corrected chi connectivity index (χ0v) is 49.8. The molecule has 0 aliphatic carbocycles. The number of nitrogens with one attached hydrogen (secondary N) is 8. The van der Waals surface area contributed by atoms with E-state index in [1.807, 2.05) is 33.8 Å². The molecule has 0 radical (unpaired) electrons. The Hall–Kier alpha value is -7.14. The zero-order valence-electron chi connectivity index (χ0n) is 49.8. The molecule has 2 aromatic rings. The van der Waals surface area contributed by atoms with Crippen molar-refractivity contribution in [3.63, 3.8) is 0 Å². The second-order valence-electron chi connectivity index (χ2n) is 24.0. The highest BCUT2D eigenvalue weighted by Crippen LogP contribution is 2.24. The summed E-state index contributed by atoms with van der Waals surface area (Å²) in [6.07, 6.45) is 2.29. The van der Waals surface area contributed by atoms with Crippen LogP contribution in [0.15, 0.2) is 54.6 Å². The third-order valence-electron chi connectivity index (χ3n) is 15.4. The van der Waals surface area contributed by atoms with Gasteiger partial charge in [-0.3, -0.25) is 47.9 Å². The molecule has 3 aliphatic rings. The van der Waals surface area contributed by atoms with Gasteiger partial charge in [-0.05, 0) is 124 Å². The lowest BCUT2D eigenvalue weighted by atomic mass is 9.98. The van der Waals surface area contributed by atoms with Gasteiger partial charge in [-0.1, -0.05) is 97.9 Å². The lowest BCUT2D eigenvalue weighted by Gasteiger charge is -2.33. The molecular weight excluding hydrogens is 1060 g/mol. The molecule has 10 atom stereocenters. The Morgan fingerprint density at radius 1 is 0.434 bits per heavy atom. The monoisotopic (exact) mass is 1160 g/mol. The standard InChI is InChI=1S/C60H93N13O10/c1-34(2)30-43-53(76)68-45(32-38-16-10-9-11-17-38)59(82)72-28-14-20-47(72)55(78)70-49(36(5)6)57(80)65-42(19-13-27-62)52(75)67-44(31-35(3)4)54(77)69-46(33-39-22-24-40(63)25-23-39)60(83)73-29-15-21-48(73)56(79)71-50(37(7)8)58(81)64-41(18-12-26-61)51(74)66-43/h9-11,16-17,22-25,34-37,41-50H,12-15,18-21,26-33,61-63H2,1-8H3,(H,64,81)(H,65,80)(H,66,74)(H,67,75)(H,68,76)(H,69,77)(H,70,78)(H,71,79)/t41-,42-,43-,44-,45-,46-,47-,48-,49-,50-/m0/s1. The summed E-state index contributed by atoms with van der Waals surface area (Å²) in [6, 6.07) is 3.87. The third kappa shape index (κ3) is 19.5. The number of anilines is 1. The van der Waals surface area contributed by atoms with Gasteiger partial charge in [-0.15, -0.1) is 0 Å². The lowest BCUT2D eigenvalue weighted by Crippen LogP contribution is -2.62. The topological polar surface area (TPSA) is 351 Å². The lowest BCUT2D eigenvalue weighted by molar-refractivity contribution is -0.143. The summed E-state index contributed by atoms with van der Waals surface area (Å²) < 4.78 is 0. The van der Waals surface area contributed by atoms with Crippen molar-refractivity contribution < 1.29 is 47.9 Å². The van der Waals surface area contributed by atoms with Gasteiger partial charge in [0.25, 0.3) is 0 Å². The van der Waals surface area contributed by atoms with Gasteiger partial charge in [0, 0.05) is 31.6 Å². The van der Waals surface area contributed by atoms with Gasteiger partial charge in [0.2, 0.25) is 59.1 Å². The summed E-state index contributed by atoms with van der Waals surface area (Å²) in [5.74, 6) is -7.92. The van der Waals surface area contributed by atoms with E-state index in [2.05, 4.69) is 42.5 Å². The Labute approximate surface area is 489 Å². The quantitative estimate of drug-likeness (QED) is 0.104. The number of hydrogen-bond acceptors (Lipinski definition) is 13. The Bertz CT molecular complexity index is 2550. The molecule has 2 aromatic carbocycles. The molecule has 0 spiro atoms. The summed E-state index contributed by atoms with van der Waals surface area (Å²) in [4.78, 5) is 149. The smallest absolute Gasteiger partial charge is 0.246 e. The van der Waals surface area contributed by atoms with E-state index in [0.717, 1.165) is 0 Å². The maximum atomic E-state index is 14.9. The maximum absolute atomic E-state index is 14.9. The molecule has 23 heteroatoms. The molecule has 3 heterocycles. The zero-order chi connectivity index (χ0) is 61.1. The SMILES string of the molecule is CC(C)C[C@@H]1NC(=O)[C@H](CCCN)NC(=O)[C@H](C(C)C)NC(=O)[C@@H]2CCCN2C(=O)[C@H](Cc2ccccc2)NC(=O)[C@H](CC(C)C)NC(=O)[C@H](CCCN)NC(=O)[C@H](C(C)C)NC(=O)[C@@H]2CCCN2C(=O)[C@H](Cc2ccc(N)cc2)NC1=O. The number of rotatable bonds is 16. The van der Waals surface area contributed by atoms with Crippen LogP contribution in [0.3, 0.4) is 0 Å². The first-order chi connectivity index (χ1) is 39.4. The van der Waals surface area contributed by atoms with Crippen molar-refractivity contribution in [2.75, 3.05) is 31.9 Å². The fraction of sp³-hybridized carbons (Fsp3) is 0.633. The fourth-order valence-corrected chi connectivity index (χ4v) is 10.9. The molecule has 5 rings (SSSR count). The molecular formula is C60H93N13O10. The predicted octanol–water partition coefficient (Wildman–Crippen LogP) is 0.810. The van der Waals surface area contributed by atoms with Crippen molar-refractivity contribution in [2.45, 2.75) is 193 Å². The van der Waals surface area contributed by atoms with Crippen LogP contribution in [0.1, 0.15) is 131 Å². The molecule has 458 valence electrons. The van der Waals surface area contributed by atoms with Crippen LogP contribution in [0.25, 0.3) is 0 Å². The van der Waals surface area contributed by atoms with E-state index >= 15 is 0 Å². The van der Waals surface area contributed by atoms with E-state index in [1.54, 1.807) is 76.2 Å². The van der Waals surface area contributed by atoms with Crippen LogP contribution in [0, 0.1) is 23.7 Å². The highest BCUT2D eigenvalue weighted by Gasteiger charge is 2.43. The van der Waals surface area contributed by atoms with E-state index in [1.165, 1.54) is 9.80 Å². The van der Waals surface area contributed by atoms with Crippen molar-refractivity contribution in [1.82, 2.24) is 52.3 Å². The van der Waals surface area contributed by atoms with Crippen LogP contribution in [-0.4, -0.2) is 155 Å². The Kier molecular flexibility index (Phi) is 25.7. The van der Waals surface area contributed by atoms with Crippen LogP contribution in [-0.2, 0) is 60.8 Å². The molecule has 3 fully saturated rings. The van der Waals surface area contributed by atoms with E-state index in [4.69, 9.17) is 17.2 Å². The molecule has 3 saturated heterocycles. The normalized spacial score (nSPS) is 26.4. The van der Waals surface area contributed by atoms with E-state index in [0.29, 0.717) is 42.5 Å². The van der Waals surface area contributed by atoms with Gasteiger partial charge >= 0.3 is 0 Å². The first-order valence-corrected chi connectivity index (χ1v) is 29.7. The average Bonchev–Trinajstić information content (AvgIpc) is 4.34. The number of nitrogens with two attached hydrogens (primary N) is 3.